The molecule has 5 nitrogen and oxygen atoms in total. The van der Waals surface area contributed by atoms with Crippen molar-refractivity contribution >= 4 is 17.3 Å². The van der Waals surface area contributed by atoms with Crippen LogP contribution >= 0.6 is 0 Å². The first-order valence-corrected chi connectivity index (χ1v) is 6.88. The summed E-state index contributed by atoms with van der Waals surface area (Å²) in [5.74, 6) is -0.539. The van der Waals surface area contributed by atoms with Crippen molar-refractivity contribution in [1.82, 2.24) is 5.06 Å². The smallest absolute Gasteiger partial charge is 0.224 e. The van der Waals surface area contributed by atoms with Gasteiger partial charge in [-0.1, -0.05) is 0 Å². The number of nitrogens with zero attached hydrogens (tertiary/aromatic N) is 1. The van der Waals surface area contributed by atoms with Crippen molar-refractivity contribution in [3.63, 3.8) is 0 Å². The molecule has 0 unspecified atom stereocenters. The Hall–Kier alpha value is -1.66. The van der Waals surface area contributed by atoms with Gasteiger partial charge >= 0.3 is 0 Å². The third-order valence-electron chi connectivity index (χ3n) is 3.17. The van der Waals surface area contributed by atoms with Gasteiger partial charge in [-0.2, -0.15) is 5.06 Å². The fourth-order valence-electron chi connectivity index (χ4n) is 2.10. The maximum absolute atomic E-state index is 12.9. The van der Waals surface area contributed by atoms with E-state index in [0.717, 1.165) is 32.5 Å². The van der Waals surface area contributed by atoms with Crippen LogP contribution in [0.3, 0.4) is 0 Å². The number of nitrogens with one attached hydrogen (secondary N) is 1. The van der Waals surface area contributed by atoms with E-state index in [2.05, 4.69) is 5.32 Å². The Bertz CT molecular complexity index is 462. The minimum absolute atomic E-state index is 0.125. The predicted octanol–water partition coefficient (Wildman–Crippen LogP) is 2.15. The summed E-state index contributed by atoms with van der Waals surface area (Å²) in [6.45, 7) is 2.43. The van der Waals surface area contributed by atoms with Crippen LogP contribution in [0.15, 0.2) is 18.2 Å². The van der Waals surface area contributed by atoms with E-state index in [1.165, 1.54) is 18.2 Å². The van der Waals surface area contributed by atoms with Crippen LogP contribution in [0, 0.1) is 5.82 Å². The van der Waals surface area contributed by atoms with Crippen molar-refractivity contribution in [3.05, 3.63) is 24.0 Å². The molecule has 6 heteroatoms. The molecule has 1 aromatic carbocycles. The van der Waals surface area contributed by atoms with Gasteiger partial charge < -0.3 is 11.1 Å². The molecule has 0 aromatic heterocycles. The topological polar surface area (TPSA) is 67.6 Å². The Morgan fingerprint density at radius 1 is 1.45 bits per heavy atom. The van der Waals surface area contributed by atoms with Crippen molar-refractivity contribution < 1.29 is 14.0 Å². The van der Waals surface area contributed by atoms with Crippen LogP contribution < -0.4 is 11.1 Å². The Kier molecular flexibility index (Phi) is 5.31. The molecule has 110 valence electrons. The predicted molar refractivity (Wildman–Crippen MR) is 75.4 cm³/mol. The third kappa shape index (κ3) is 4.47. The minimum Gasteiger partial charge on any atom is -0.397 e. The molecule has 0 spiro atoms. The number of amides is 1. The molecule has 2 rings (SSSR count). The number of hydroxylamine groups is 2. The number of carbonyl (C=O) groups excluding carboxylic acids is 1. The average molecular weight is 281 g/mol. The van der Waals surface area contributed by atoms with Gasteiger partial charge in [0.15, 0.2) is 0 Å². The van der Waals surface area contributed by atoms with Gasteiger partial charge in [-0.05, 0) is 37.5 Å². The Morgan fingerprint density at radius 3 is 3.00 bits per heavy atom. The van der Waals surface area contributed by atoms with Gasteiger partial charge in [-0.15, -0.1) is 0 Å². The third-order valence-corrected chi connectivity index (χ3v) is 3.17. The Labute approximate surface area is 117 Å². The molecule has 1 aromatic rings. The highest BCUT2D eigenvalue weighted by molar-refractivity contribution is 5.93. The first-order valence-electron chi connectivity index (χ1n) is 6.88. The molecular formula is C14H20FN3O2. The fourth-order valence-corrected chi connectivity index (χ4v) is 2.10. The summed E-state index contributed by atoms with van der Waals surface area (Å²) in [6, 6.07) is 3.93. The zero-order chi connectivity index (χ0) is 14.4. The van der Waals surface area contributed by atoms with Crippen LogP contribution in [0.5, 0.6) is 0 Å². The average Bonchev–Trinajstić information content (AvgIpc) is 2.43. The summed E-state index contributed by atoms with van der Waals surface area (Å²) in [7, 11) is 0. The van der Waals surface area contributed by atoms with Crippen molar-refractivity contribution in [2.75, 3.05) is 30.7 Å². The van der Waals surface area contributed by atoms with Crippen LogP contribution in [0.2, 0.25) is 0 Å². The molecule has 0 radical (unpaired) electrons. The highest BCUT2D eigenvalue weighted by Crippen LogP contribution is 2.19. The van der Waals surface area contributed by atoms with Crippen molar-refractivity contribution in [2.24, 2.45) is 0 Å². The quantitative estimate of drug-likeness (QED) is 0.812. The number of anilines is 2. The summed E-state index contributed by atoms with van der Waals surface area (Å²) < 4.78 is 12.9. The monoisotopic (exact) mass is 281 g/mol. The zero-order valence-electron chi connectivity index (χ0n) is 11.4. The summed E-state index contributed by atoms with van der Waals surface area (Å²) in [4.78, 5) is 17.2. The van der Waals surface area contributed by atoms with E-state index >= 15 is 0 Å². The van der Waals surface area contributed by atoms with Crippen LogP contribution in [-0.2, 0) is 9.63 Å². The van der Waals surface area contributed by atoms with E-state index in [-0.39, 0.29) is 11.6 Å². The number of rotatable bonds is 5. The molecule has 1 aliphatic rings. The van der Waals surface area contributed by atoms with E-state index in [9.17, 15) is 9.18 Å². The van der Waals surface area contributed by atoms with E-state index in [4.69, 9.17) is 10.6 Å². The molecule has 3 N–H and O–H groups in total. The highest BCUT2D eigenvalue weighted by atomic mass is 19.1. The SMILES string of the molecule is Nc1cc(F)ccc1NC(=O)CCCN1CCCCO1. The summed E-state index contributed by atoms with van der Waals surface area (Å²) >= 11 is 0. The lowest BCUT2D eigenvalue weighted by molar-refractivity contribution is -0.180. The van der Waals surface area contributed by atoms with E-state index in [0.29, 0.717) is 18.5 Å². The first kappa shape index (κ1) is 14.7. The molecule has 20 heavy (non-hydrogen) atoms. The molecule has 1 fully saturated rings. The Balaban J connectivity index is 1.72. The molecular weight excluding hydrogens is 261 g/mol. The number of halogens is 1. The lowest BCUT2D eigenvalue weighted by Gasteiger charge is -2.25. The molecule has 1 saturated heterocycles. The van der Waals surface area contributed by atoms with Gasteiger partial charge in [0.1, 0.15) is 5.82 Å². The largest absolute Gasteiger partial charge is 0.397 e. The normalized spacial score (nSPS) is 16.1. The second-order valence-corrected chi connectivity index (χ2v) is 4.85. The second-order valence-electron chi connectivity index (χ2n) is 4.85. The molecule has 1 amide bonds. The Morgan fingerprint density at radius 2 is 2.30 bits per heavy atom. The minimum atomic E-state index is -0.414. The van der Waals surface area contributed by atoms with Gasteiger partial charge in [-0.25, -0.2) is 4.39 Å². The number of nitrogens with two attached hydrogens (primary N) is 1. The lowest BCUT2D eigenvalue weighted by Crippen LogP contribution is -2.31. The number of nitrogen functional groups attached to an aromatic ring is 1. The molecule has 1 aliphatic heterocycles. The van der Waals surface area contributed by atoms with Crippen LogP contribution in [-0.4, -0.2) is 30.7 Å². The van der Waals surface area contributed by atoms with E-state index in [1.54, 1.807) is 0 Å². The van der Waals surface area contributed by atoms with Crippen LogP contribution in [0.4, 0.5) is 15.8 Å². The molecule has 0 saturated carbocycles. The lowest BCUT2D eigenvalue weighted by atomic mass is 10.2. The summed E-state index contributed by atoms with van der Waals surface area (Å²) in [5.41, 5.74) is 6.32. The van der Waals surface area contributed by atoms with Crippen molar-refractivity contribution in [2.45, 2.75) is 25.7 Å². The number of hydrogen-bond donors (Lipinski definition) is 2. The first-order chi connectivity index (χ1) is 9.65. The molecule has 0 aliphatic carbocycles. The van der Waals surface area contributed by atoms with E-state index < -0.39 is 5.82 Å². The van der Waals surface area contributed by atoms with Crippen molar-refractivity contribution in [1.29, 1.82) is 0 Å². The van der Waals surface area contributed by atoms with Crippen LogP contribution in [0.1, 0.15) is 25.7 Å². The maximum Gasteiger partial charge on any atom is 0.224 e. The molecule has 1 heterocycles. The number of carbonyl (C=O) groups is 1. The number of hydrogen-bond acceptors (Lipinski definition) is 4. The van der Waals surface area contributed by atoms with Crippen LogP contribution in [0.25, 0.3) is 0 Å². The molecule has 0 atom stereocenters. The van der Waals surface area contributed by atoms with Gasteiger partial charge in [0.25, 0.3) is 0 Å². The van der Waals surface area contributed by atoms with Crippen molar-refractivity contribution in [3.8, 4) is 0 Å². The highest BCUT2D eigenvalue weighted by Gasteiger charge is 2.11. The van der Waals surface area contributed by atoms with Gasteiger partial charge in [0.05, 0.1) is 18.0 Å². The van der Waals surface area contributed by atoms with E-state index in [1.807, 2.05) is 5.06 Å². The maximum atomic E-state index is 12.9. The number of benzene rings is 1. The standard InChI is InChI=1S/C14H20FN3O2/c15-11-5-6-13(12(16)10-11)17-14(19)4-3-8-18-7-1-2-9-20-18/h5-6,10H,1-4,7-9,16H2,(H,17,19). The zero-order valence-corrected chi connectivity index (χ0v) is 11.4. The summed E-state index contributed by atoms with van der Waals surface area (Å²) in [6.07, 6.45) is 3.34. The summed E-state index contributed by atoms with van der Waals surface area (Å²) in [5, 5.41) is 4.59. The van der Waals surface area contributed by atoms with Gasteiger partial charge in [0.2, 0.25) is 5.91 Å². The van der Waals surface area contributed by atoms with Gasteiger partial charge in [-0.3, -0.25) is 9.63 Å². The second kappa shape index (κ2) is 7.21. The van der Waals surface area contributed by atoms with Gasteiger partial charge in [0, 0.05) is 19.5 Å². The molecule has 0 bridgehead atoms. The fraction of sp³-hybridized carbons (Fsp3) is 0.500.